The van der Waals surface area contributed by atoms with Crippen LogP contribution in [0.3, 0.4) is 0 Å². The Kier molecular flexibility index (Phi) is 6.27. The van der Waals surface area contributed by atoms with Crippen LogP contribution in [-0.4, -0.2) is 98.1 Å². The molecule has 15 nitrogen and oxygen atoms in total. The highest BCUT2D eigenvalue weighted by atomic mass is 16.5. The smallest absolute Gasteiger partial charge is 0.271 e. The Bertz CT molecular complexity index is 1510. The molecule has 222 valence electrons. The lowest BCUT2D eigenvalue weighted by molar-refractivity contribution is -0.230. The van der Waals surface area contributed by atoms with Crippen LogP contribution in [0.4, 0.5) is 0 Å². The number of fused-ring (bicyclic) bond motifs is 1. The predicted octanol–water partition coefficient (Wildman–Crippen LogP) is -1.95. The van der Waals surface area contributed by atoms with Crippen LogP contribution in [0.2, 0.25) is 0 Å². The summed E-state index contributed by atoms with van der Waals surface area (Å²) in [7, 11) is 0. The second kappa shape index (κ2) is 9.52. The zero-order valence-electron chi connectivity index (χ0n) is 23.5. The van der Waals surface area contributed by atoms with E-state index in [1.807, 2.05) is 6.07 Å². The van der Waals surface area contributed by atoms with Gasteiger partial charge in [0, 0.05) is 24.8 Å². The summed E-state index contributed by atoms with van der Waals surface area (Å²) in [4.78, 5) is 44.8. The Hall–Kier alpha value is -4.50. The van der Waals surface area contributed by atoms with Gasteiger partial charge in [0.1, 0.15) is 23.5 Å². The Labute approximate surface area is 241 Å². The molecule has 0 saturated carbocycles. The first kappa shape index (κ1) is 27.7. The minimum Gasteiger partial charge on any atom is -0.492 e. The maximum atomic E-state index is 13.6. The van der Waals surface area contributed by atoms with Crippen LogP contribution >= 0.6 is 0 Å². The number of aromatic nitrogens is 2. The first-order valence-corrected chi connectivity index (χ1v) is 13.7. The third-order valence-corrected chi connectivity index (χ3v) is 8.55. The van der Waals surface area contributed by atoms with E-state index in [1.165, 1.54) is 17.3 Å². The molecule has 0 radical (unpaired) electrons. The summed E-state index contributed by atoms with van der Waals surface area (Å²) in [5.74, 6) is -3.30. The summed E-state index contributed by atoms with van der Waals surface area (Å²) in [6.07, 6.45) is 3.63. The zero-order valence-corrected chi connectivity index (χ0v) is 23.5. The molecule has 5 heterocycles. The highest BCUT2D eigenvalue weighted by Crippen LogP contribution is 2.45. The maximum Gasteiger partial charge on any atom is 0.271 e. The molecule has 1 spiro atoms. The summed E-state index contributed by atoms with van der Waals surface area (Å²) in [6, 6.07) is 2.29. The summed E-state index contributed by atoms with van der Waals surface area (Å²) >= 11 is 0. The number of ether oxygens (including phenoxy) is 1. The van der Waals surface area contributed by atoms with Gasteiger partial charge in [-0.25, -0.2) is 15.0 Å². The highest BCUT2D eigenvalue weighted by molar-refractivity contribution is 5.98. The minimum atomic E-state index is -2.63. The molecule has 3 unspecified atom stereocenters. The van der Waals surface area contributed by atoms with Gasteiger partial charge < -0.3 is 47.3 Å². The van der Waals surface area contributed by atoms with Crippen molar-refractivity contribution in [1.82, 2.24) is 30.8 Å². The van der Waals surface area contributed by atoms with Gasteiger partial charge in [0.2, 0.25) is 5.79 Å². The van der Waals surface area contributed by atoms with Gasteiger partial charge in [-0.05, 0) is 24.8 Å². The molecule has 4 aliphatic rings. The van der Waals surface area contributed by atoms with Crippen LogP contribution in [0, 0.1) is 6.92 Å². The maximum absolute atomic E-state index is 13.6. The van der Waals surface area contributed by atoms with Crippen molar-refractivity contribution in [3.63, 3.8) is 0 Å². The van der Waals surface area contributed by atoms with Crippen LogP contribution in [0.5, 0.6) is 5.75 Å². The Balaban J connectivity index is 1.26. The molecule has 2 amide bonds. The molecule has 6 rings (SSSR count). The summed E-state index contributed by atoms with van der Waals surface area (Å²) in [6.45, 7) is 6.20. The number of aliphatic hydroxyl groups is 2. The number of carbonyl (C=O) groups excluding carboxylic acids is 2. The fourth-order valence-corrected chi connectivity index (χ4v) is 6.23. The number of para-hydroxylation sites is 1. The van der Waals surface area contributed by atoms with Gasteiger partial charge in [-0.3, -0.25) is 14.6 Å². The molecule has 42 heavy (non-hydrogen) atoms. The molecular weight excluding hydrogens is 544 g/mol. The van der Waals surface area contributed by atoms with E-state index in [-0.39, 0.29) is 41.7 Å². The number of nitrogens with one attached hydrogen (secondary N) is 3. The number of hydrogen-bond donors (Lipinski definition) is 7. The lowest BCUT2D eigenvalue weighted by Gasteiger charge is -2.49. The van der Waals surface area contributed by atoms with Crippen molar-refractivity contribution in [2.45, 2.75) is 62.2 Å². The van der Waals surface area contributed by atoms with Crippen molar-refractivity contribution in [1.29, 1.82) is 0 Å². The van der Waals surface area contributed by atoms with Crippen molar-refractivity contribution in [2.24, 2.45) is 21.5 Å². The number of benzene rings is 1. The number of aryl methyl sites for hydroxylation is 1. The first-order chi connectivity index (χ1) is 19.8. The molecule has 1 fully saturated rings. The number of rotatable bonds is 5. The topological polar surface area (TPSA) is 226 Å². The van der Waals surface area contributed by atoms with Gasteiger partial charge in [0.25, 0.3) is 11.8 Å². The molecule has 9 N–H and O–H groups in total. The number of aliphatic imine (C=N–C) groups is 2. The zero-order chi connectivity index (χ0) is 30.0. The Morgan fingerprint density at radius 1 is 1.17 bits per heavy atom. The largest absolute Gasteiger partial charge is 0.492 e. The van der Waals surface area contributed by atoms with Gasteiger partial charge in [-0.15, -0.1) is 0 Å². The second-order valence-electron chi connectivity index (χ2n) is 11.7. The lowest BCUT2D eigenvalue weighted by atomic mass is 9.79. The number of hydrogen-bond acceptors (Lipinski definition) is 13. The van der Waals surface area contributed by atoms with Gasteiger partial charge in [0.05, 0.1) is 30.1 Å². The fourth-order valence-electron chi connectivity index (χ4n) is 6.23. The van der Waals surface area contributed by atoms with Crippen LogP contribution < -0.4 is 32.2 Å². The van der Waals surface area contributed by atoms with Crippen molar-refractivity contribution in [3.05, 3.63) is 53.1 Å². The van der Waals surface area contributed by atoms with Gasteiger partial charge in [-0.1, -0.05) is 26.0 Å². The molecular formula is C27H34N10O5. The normalized spacial score (nSPS) is 28.2. The van der Waals surface area contributed by atoms with E-state index in [1.54, 1.807) is 19.1 Å². The minimum absolute atomic E-state index is 0.0376. The van der Waals surface area contributed by atoms with Crippen molar-refractivity contribution >= 4 is 23.7 Å². The average molecular weight is 579 g/mol. The standard InChI is InChI=1S/C27H34N10O5/c1-13-9-31-17(11-30-13)22(39)32-10-16-20-26(36-23(28)35-20)27(40,41)18(12-37(26)24(29)33-16)34-21(38)14-5-4-6-15-19(14)42-8-7-25(15,2)3/h4-6,9,11,16,18,20,40-41H,7-8,10,12H2,1-3H3,(H2,29,33)(H,32,39)(H,34,38)(H3,28,35,36)/t16-,18?,20?,26?/m0/s1. The third kappa shape index (κ3) is 4.10. The first-order valence-electron chi connectivity index (χ1n) is 13.7. The summed E-state index contributed by atoms with van der Waals surface area (Å²) in [5.41, 5.74) is 12.4. The lowest BCUT2D eigenvalue weighted by Crippen LogP contribution is -2.78. The summed E-state index contributed by atoms with van der Waals surface area (Å²) < 4.78 is 5.89. The monoisotopic (exact) mass is 578 g/mol. The van der Waals surface area contributed by atoms with Crippen molar-refractivity contribution < 1.29 is 24.5 Å². The van der Waals surface area contributed by atoms with E-state index >= 15 is 0 Å². The number of nitrogens with two attached hydrogens (primary N) is 2. The molecule has 1 saturated heterocycles. The SMILES string of the molecule is Cc1cnc(C(=O)NC[C@@H]2N=C(N)N3CC(NC(=O)c4cccc5c4OCCC5(C)C)C(O)(O)C34NC(N)=NC24)cn1. The summed E-state index contributed by atoms with van der Waals surface area (Å²) in [5, 5.41) is 31.8. The van der Waals surface area contributed by atoms with Crippen LogP contribution in [-0.2, 0) is 5.41 Å². The second-order valence-corrected chi connectivity index (χ2v) is 11.7. The van der Waals surface area contributed by atoms with Crippen LogP contribution in [0.1, 0.15) is 52.4 Å². The van der Waals surface area contributed by atoms with Gasteiger partial charge in [-0.2, -0.15) is 0 Å². The average Bonchev–Trinajstić information content (AvgIpc) is 3.41. The molecule has 15 heteroatoms. The quantitative estimate of drug-likeness (QED) is 0.193. The Morgan fingerprint density at radius 2 is 1.95 bits per heavy atom. The fraction of sp³-hybridized carbons (Fsp3) is 0.481. The van der Waals surface area contributed by atoms with E-state index < -0.39 is 41.4 Å². The molecule has 4 aliphatic heterocycles. The molecule has 4 atom stereocenters. The van der Waals surface area contributed by atoms with Crippen LogP contribution in [0.15, 0.2) is 40.6 Å². The van der Waals surface area contributed by atoms with E-state index in [4.69, 9.17) is 16.2 Å². The predicted molar refractivity (Wildman–Crippen MR) is 150 cm³/mol. The molecule has 2 aromatic rings. The van der Waals surface area contributed by atoms with Gasteiger partial charge >= 0.3 is 0 Å². The molecule has 1 aromatic carbocycles. The van der Waals surface area contributed by atoms with E-state index in [9.17, 15) is 19.8 Å². The van der Waals surface area contributed by atoms with Crippen LogP contribution in [0.25, 0.3) is 0 Å². The third-order valence-electron chi connectivity index (χ3n) is 8.55. The highest BCUT2D eigenvalue weighted by Gasteiger charge is 2.73. The Morgan fingerprint density at radius 3 is 2.69 bits per heavy atom. The van der Waals surface area contributed by atoms with Gasteiger partial charge in [0.15, 0.2) is 17.6 Å². The number of guanidine groups is 2. The van der Waals surface area contributed by atoms with Crippen molar-refractivity contribution in [3.8, 4) is 5.75 Å². The van der Waals surface area contributed by atoms with E-state index in [0.29, 0.717) is 18.1 Å². The number of nitrogens with zero attached hydrogens (tertiary/aromatic N) is 5. The number of amides is 2. The van der Waals surface area contributed by atoms with E-state index in [0.717, 1.165) is 12.0 Å². The van der Waals surface area contributed by atoms with Crippen molar-refractivity contribution in [2.75, 3.05) is 19.7 Å². The number of carbonyl (C=O) groups is 2. The molecule has 0 aliphatic carbocycles. The molecule has 1 aromatic heterocycles. The molecule has 0 bridgehead atoms. The van der Waals surface area contributed by atoms with E-state index in [2.05, 4.69) is 49.8 Å².